The minimum atomic E-state index is -0.551. The number of methoxy groups -OCH3 is 1. The van der Waals surface area contributed by atoms with Crippen LogP contribution in [0.25, 0.3) is 11.8 Å². The lowest BCUT2D eigenvalue weighted by atomic mass is 10.1. The number of carbonyl (C=O) groups excluding carboxylic acids is 3. The molecule has 1 aromatic heterocycles. The molecule has 2 heterocycles. The fourth-order valence-electron chi connectivity index (χ4n) is 3.40. The zero-order valence-electron chi connectivity index (χ0n) is 16.9. The Morgan fingerprint density at radius 1 is 1.27 bits per heavy atom. The topological polar surface area (TPSA) is 80.6 Å². The van der Waals surface area contributed by atoms with Gasteiger partial charge in [-0.2, -0.15) is 0 Å². The van der Waals surface area contributed by atoms with Crippen LogP contribution >= 0.6 is 12.2 Å². The summed E-state index contributed by atoms with van der Waals surface area (Å²) in [5.41, 5.74) is 3.31. The average molecular weight is 423 g/mol. The number of esters is 1. The second kappa shape index (κ2) is 8.46. The molecule has 30 heavy (non-hydrogen) atoms. The third-order valence-corrected chi connectivity index (χ3v) is 5.14. The van der Waals surface area contributed by atoms with Crippen LogP contribution in [0.1, 0.15) is 27.3 Å². The fraction of sp³-hybridized carbons (Fsp3) is 0.182. The second-order valence-corrected chi connectivity index (χ2v) is 7.08. The number of para-hydroxylation sites is 1. The average Bonchev–Trinajstić information content (AvgIpc) is 3.00. The number of hydrogen-bond acceptors (Lipinski definition) is 5. The van der Waals surface area contributed by atoms with Crippen LogP contribution in [0.5, 0.6) is 0 Å². The van der Waals surface area contributed by atoms with Crippen LogP contribution in [0.3, 0.4) is 0 Å². The summed E-state index contributed by atoms with van der Waals surface area (Å²) in [4.78, 5) is 38.7. The van der Waals surface area contributed by atoms with E-state index >= 15 is 0 Å². The van der Waals surface area contributed by atoms with Crippen molar-refractivity contribution in [2.24, 2.45) is 0 Å². The number of nitrogens with one attached hydrogen (secondary N) is 1. The molecule has 0 saturated carbocycles. The van der Waals surface area contributed by atoms with E-state index in [0.717, 1.165) is 11.4 Å². The quantitative estimate of drug-likeness (QED) is 0.263. The van der Waals surface area contributed by atoms with Crippen molar-refractivity contribution < 1.29 is 19.1 Å². The zero-order valence-corrected chi connectivity index (χ0v) is 17.7. The second-order valence-electron chi connectivity index (χ2n) is 6.69. The summed E-state index contributed by atoms with van der Waals surface area (Å²) in [6, 6.07) is 8.93. The van der Waals surface area contributed by atoms with E-state index in [4.69, 9.17) is 17.0 Å². The van der Waals surface area contributed by atoms with Gasteiger partial charge < -0.3 is 9.30 Å². The number of amides is 2. The van der Waals surface area contributed by atoms with Gasteiger partial charge in [0.05, 0.1) is 18.4 Å². The van der Waals surface area contributed by atoms with Gasteiger partial charge in [0, 0.05) is 17.9 Å². The number of ether oxygens (including phenoxy) is 1. The molecule has 7 nitrogen and oxygen atoms in total. The van der Waals surface area contributed by atoms with Crippen molar-refractivity contribution in [3.05, 3.63) is 71.1 Å². The van der Waals surface area contributed by atoms with Crippen molar-refractivity contribution in [2.45, 2.75) is 13.8 Å². The summed E-state index contributed by atoms with van der Waals surface area (Å²) in [6.45, 7) is 7.54. The van der Waals surface area contributed by atoms with Gasteiger partial charge in [0.1, 0.15) is 5.57 Å². The van der Waals surface area contributed by atoms with Gasteiger partial charge in [0.25, 0.3) is 11.8 Å². The molecule has 1 aromatic carbocycles. The van der Waals surface area contributed by atoms with Crippen molar-refractivity contribution in [1.82, 2.24) is 14.8 Å². The van der Waals surface area contributed by atoms with Crippen LogP contribution in [0.15, 0.2) is 48.6 Å². The molecule has 0 radical (unpaired) electrons. The lowest BCUT2D eigenvalue weighted by molar-refractivity contribution is -0.128. The van der Waals surface area contributed by atoms with E-state index in [1.165, 1.54) is 24.2 Å². The molecule has 2 aromatic rings. The summed E-state index contributed by atoms with van der Waals surface area (Å²) in [5, 5.41) is 2.59. The number of aryl methyl sites for hydroxylation is 1. The third kappa shape index (κ3) is 3.69. The van der Waals surface area contributed by atoms with Gasteiger partial charge in [-0.3, -0.25) is 19.8 Å². The molecule has 1 fully saturated rings. The van der Waals surface area contributed by atoms with Gasteiger partial charge in [0.2, 0.25) is 0 Å². The minimum Gasteiger partial charge on any atom is -0.465 e. The van der Waals surface area contributed by atoms with Crippen LogP contribution in [0.4, 0.5) is 0 Å². The smallest absolute Gasteiger partial charge is 0.339 e. The van der Waals surface area contributed by atoms with Crippen molar-refractivity contribution in [2.75, 3.05) is 13.7 Å². The molecule has 0 bridgehead atoms. The lowest BCUT2D eigenvalue weighted by Gasteiger charge is -2.27. The number of thiocarbonyl (C=S) groups is 1. The van der Waals surface area contributed by atoms with Crippen molar-refractivity contribution in [3.8, 4) is 5.69 Å². The van der Waals surface area contributed by atoms with Gasteiger partial charge >= 0.3 is 5.97 Å². The minimum absolute atomic E-state index is 0.0213. The number of rotatable bonds is 5. The Labute approximate surface area is 179 Å². The zero-order chi connectivity index (χ0) is 22.0. The highest BCUT2D eigenvalue weighted by molar-refractivity contribution is 7.80. The first-order chi connectivity index (χ1) is 14.3. The molecule has 0 atom stereocenters. The van der Waals surface area contributed by atoms with E-state index in [0.29, 0.717) is 16.8 Å². The molecule has 1 aliphatic rings. The predicted octanol–water partition coefficient (Wildman–Crippen LogP) is 2.69. The van der Waals surface area contributed by atoms with E-state index in [1.54, 1.807) is 12.1 Å². The SMILES string of the molecule is C=CCN1C(=O)/C(=C/c2cc(C)n(-c3ccccc3C(=O)OC)c2C)C(=O)NC1=S. The maximum absolute atomic E-state index is 12.8. The number of hydrogen-bond donors (Lipinski definition) is 1. The van der Waals surface area contributed by atoms with Crippen LogP contribution in [-0.4, -0.2) is 46.0 Å². The summed E-state index contributed by atoms with van der Waals surface area (Å²) in [7, 11) is 1.33. The van der Waals surface area contributed by atoms with Crippen molar-refractivity contribution in [1.29, 1.82) is 0 Å². The Hall–Kier alpha value is -3.52. The van der Waals surface area contributed by atoms with Gasteiger partial charge in [-0.05, 0) is 55.9 Å². The number of nitrogens with zero attached hydrogens (tertiary/aromatic N) is 2. The van der Waals surface area contributed by atoms with E-state index in [2.05, 4.69) is 11.9 Å². The summed E-state index contributed by atoms with van der Waals surface area (Å²) >= 11 is 5.08. The molecule has 2 amide bonds. The molecule has 8 heteroatoms. The van der Waals surface area contributed by atoms with Crippen LogP contribution in [-0.2, 0) is 14.3 Å². The molecule has 1 aliphatic heterocycles. The Balaban J connectivity index is 2.10. The molecule has 0 aliphatic carbocycles. The molecule has 0 unspecified atom stereocenters. The first-order valence-corrected chi connectivity index (χ1v) is 9.57. The largest absolute Gasteiger partial charge is 0.465 e. The molecule has 0 spiro atoms. The fourth-order valence-corrected chi connectivity index (χ4v) is 3.65. The van der Waals surface area contributed by atoms with E-state index in [9.17, 15) is 14.4 Å². The Morgan fingerprint density at radius 2 is 1.97 bits per heavy atom. The van der Waals surface area contributed by atoms with Gasteiger partial charge in [0.15, 0.2) is 5.11 Å². The molecule has 1 saturated heterocycles. The normalized spacial score (nSPS) is 15.4. The van der Waals surface area contributed by atoms with Gasteiger partial charge in [-0.15, -0.1) is 6.58 Å². The van der Waals surface area contributed by atoms with Crippen LogP contribution in [0.2, 0.25) is 0 Å². The molecular formula is C22H21N3O4S. The molecule has 1 N–H and O–H groups in total. The number of carbonyl (C=O) groups is 3. The first kappa shape index (κ1) is 21.2. The monoisotopic (exact) mass is 423 g/mol. The first-order valence-electron chi connectivity index (χ1n) is 9.16. The predicted molar refractivity (Wildman–Crippen MR) is 117 cm³/mol. The summed E-state index contributed by atoms with van der Waals surface area (Å²) in [5.74, 6) is -1.48. The maximum atomic E-state index is 12.8. The molecular weight excluding hydrogens is 402 g/mol. The highest BCUT2D eigenvalue weighted by atomic mass is 32.1. The van der Waals surface area contributed by atoms with E-state index < -0.39 is 17.8 Å². The van der Waals surface area contributed by atoms with Crippen molar-refractivity contribution >= 4 is 41.2 Å². The standard InChI is InChI=1S/C22H21N3O4S/c1-5-10-24-20(27)17(19(26)23-22(24)30)12-15-11-13(2)25(14(15)3)18-9-7-6-8-16(18)21(28)29-4/h5-9,11-12H,1,10H2,2-4H3,(H,23,26,30)/b17-12+. The van der Waals surface area contributed by atoms with Gasteiger partial charge in [-0.1, -0.05) is 18.2 Å². The number of benzene rings is 1. The Bertz CT molecular complexity index is 1110. The highest BCUT2D eigenvalue weighted by Gasteiger charge is 2.33. The third-order valence-electron chi connectivity index (χ3n) is 4.82. The lowest BCUT2D eigenvalue weighted by Crippen LogP contribution is -2.53. The van der Waals surface area contributed by atoms with Crippen LogP contribution < -0.4 is 5.32 Å². The summed E-state index contributed by atoms with van der Waals surface area (Å²) < 4.78 is 6.78. The summed E-state index contributed by atoms with van der Waals surface area (Å²) in [6.07, 6.45) is 3.07. The van der Waals surface area contributed by atoms with E-state index in [1.807, 2.05) is 36.6 Å². The molecule has 3 rings (SSSR count). The van der Waals surface area contributed by atoms with Gasteiger partial charge in [-0.25, -0.2) is 4.79 Å². The Kier molecular flexibility index (Phi) is 5.98. The molecule has 154 valence electrons. The Morgan fingerprint density at radius 3 is 2.63 bits per heavy atom. The van der Waals surface area contributed by atoms with Crippen LogP contribution in [0, 0.1) is 13.8 Å². The van der Waals surface area contributed by atoms with Crippen molar-refractivity contribution in [3.63, 3.8) is 0 Å². The van der Waals surface area contributed by atoms with E-state index in [-0.39, 0.29) is 17.2 Å². The maximum Gasteiger partial charge on any atom is 0.339 e. The number of aromatic nitrogens is 1. The highest BCUT2D eigenvalue weighted by Crippen LogP contribution is 2.26.